The highest BCUT2D eigenvalue weighted by molar-refractivity contribution is 6.10. The minimum atomic E-state index is 0.00347. The summed E-state index contributed by atoms with van der Waals surface area (Å²) < 4.78 is 8.91. The van der Waals surface area contributed by atoms with Crippen molar-refractivity contribution in [1.29, 1.82) is 0 Å². The fourth-order valence-electron chi connectivity index (χ4n) is 7.83. The maximum absolute atomic E-state index is 6.65. The lowest BCUT2D eigenvalue weighted by Crippen LogP contribution is -2.23. The molecule has 0 saturated heterocycles. The Balaban J connectivity index is 1.00. The van der Waals surface area contributed by atoms with E-state index >= 15 is 0 Å². The summed E-state index contributed by atoms with van der Waals surface area (Å²) in [6, 6.07) is 49.4. The lowest BCUT2D eigenvalue weighted by molar-refractivity contribution is 0.483. The van der Waals surface area contributed by atoms with Gasteiger partial charge in [0, 0.05) is 46.7 Å². The number of hydrogen-bond donors (Lipinski definition) is 0. The maximum Gasteiger partial charge on any atom is 0.137 e. The molecule has 0 radical (unpaired) electrons. The van der Waals surface area contributed by atoms with Crippen molar-refractivity contribution in [2.24, 2.45) is 0 Å². The molecular formula is C47H37N5O. The number of nitrogens with zero attached hydrogens (tertiary/aromatic N) is 5. The van der Waals surface area contributed by atoms with Crippen LogP contribution in [0.4, 0.5) is 22.7 Å². The maximum atomic E-state index is 6.65. The Morgan fingerprint density at radius 2 is 1.28 bits per heavy atom. The number of para-hydroxylation sites is 1. The van der Waals surface area contributed by atoms with Crippen LogP contribution in [0.2, 0.25) is 0 Å². The molecule has 9 aromatic rings. The Bertz CT molecular complexity index is 2870. The van der Waals surface area contributed by atoms with Crippen molar-refractivity contribution >= 4 is 66.1 Å². The number of pyridine rings is 2. The van der Waals surface area contributed by atoms with Gasteiger partial charge in [0.05, 0.1) is 28.6 Å². The van der Waals surface area contributed by atoms with E-state index in [4.69, 9.17) is 9.72 Å². The average molecular weight is 688 g/mol. The molecule has 0 N–H and O–H groups in total. The first-order chi connectivity index (χ1) is 25.9. The fraction of sp³-hybridized carbons (Fsp3) is 0.106. The molecule has 4 heterocycles. The topological polar surface area (TPSA) is 46.4 Å². The number of anilines is 4. The van der Waals surface area contributed by atoms with Crippen LogP contribution in [0, 0.1) is 0 Å². The molecule has 0 fully saturated rings. The van der Waals surface area contributed by atoms with E-state index in [0.717, 1.165) is 56.5 Å². The second-order valence-electron chi connectivity index (χ2n) is 14.8. The van der Waals surface area contributed by atoms with Crippen LogP contribution in [-0.2, 0) is 5.41 Å². The summed E-state index contributed by atoms with van der Waals surface area (Å²) in [6.45, 7) is 7.35. The number of benzene rings is 6. The zero-order valence-electron chi connectivity index (χ0n) is 29.9. The lowest BCUT2D eigenvalue weighted by Gasteiger charge is -2.23. The molecule has 1 aliphatic heterocycles. The van der Waals surface area contributed by atoms with Gasteiger partial charge in [-0.3, -0.25) is 9.55 Å². The van der Waals surface area contributed by atoms with Crippen LogP contribution >= 0.6 is 0 Å². The van der Waals surface area contributed by atoms with Crippen LogP contribution < -0.4 is 14.5 Å². The molecule has 6 heteroatoms. The highest BCUT2D eigenvalue weighted by Crippen LogP contribution is 2.45. The largest absolute Gasteiger partial charge is 0.457 e. The fourth-order valence-corrected chi connectivity index (χ4v) is 7.83. The molecule has 53 heavy (non-hydrogen) atoms. The Kier molecular flexibility index (Phi) is 7.02. The summed E-state index contributed by atoms with van der Waals surface area (Å²) in [5.74, 6) is 2.43. The van der Waals surface area contributed by atoms with Crippen molar-refractivity contribution in [3.8, 4) is 17.3 Å². The van der Waals surface area contributed by atoms with E-state index < -0.39 is 0 Å². The van der Waals surface area contributed by atoms with E-state index in [-0.39, 0.29) is 5.41 Å². The van der Waals surface area contributed by atoms with Gasteiger partial charge in [0.2, 0.25) is 0 Å². The van der Waals surface area contributed by atoms with Crippen molar-refractivity contribution in [3.05, 3.63) is 164 Å². The van der Waals surface area contributed by atoms with E-state index in [9.17, 15) is 0 Å². The molecule has 0 atom stereocenters. The number of hydrogen-bond acceptors (Lipinski definition) is 5. The highest BCUT2D eigenvalue weighted by atomic mass is 16.5. The van der Waals surface area contributed by atoms with Crippen molar-refractivity contribution in [2.75, 3.05) is 16.5 Å². The first-order valence-corrected chi connectivity index (χ1v) is 18.1. The van der Waals surface area contributed by atoms with Crippen LogP contribution in [0.1, 0.15) is 26.3 Å². The van der Waals surface area contributed by atoms with Crippen molar-refractivity contribution in [3.63, 3.8) is 0 Å². The van der Waals surface area contributed by atoms with Crippen molar-refractivity contribution in [1.82, 2.24) is 14.5 Å². The minimum Gasteiger partial charge on any atom is -0.457 e. The van der Waals surface area contributed by atoms with Gasteiger partial charge in [-0.2, -0.15) is 0 Å². The van der Waals surface area contributed by atoms with E-state index in [1.165, 1.54) is 32.5 Å². The van der Waals surface area contributed by atoms with Crippen LogP contribution in [0.3, 0.4) is 0 Å². The Morgan fingerprint density at radius 1 is 0.547 bits per heavy atom. The van der Waals surface area contributed by atoms with E-state index in [0.29, 0.717) is 6.67 Å². The van der Waals surface area contributed by atoms with Crippen LogP contribution in [0.5, 0.6) is 11.5 Å². The molecule has 256 valence electrons. The normalized spacial score (nSPS) is 13.0. The van der Waals surface area contributed by atoms with Gasteiger partial charge in [-0.1, -0.05) is 87.5 Å². The van der Waals surface area contributed by atoms with Gasteiger partial charge >= 0.3 is 0 Å². The number of fused-ring (bicyclic) bond motifs is 7. The van der Waals surface area contributed by atoms with E-state index in [1.54, 1.807) is 0 Å². The SMILES string of the molecule is CC(C)(C)c1ccnc(-n2c3ccccc3c3ccc(Oc4cccc(N5CN(c6ccc7ccc8ccccc8c7c6)c6cnccc65)c4)cc32)c1. The summed E-state index contributed by atoms with van der Waals surface area (Å²) in [5.41, 5.74) is 7.76. The van der Waals surface area contributed by atoms with Crippen molar-refractivity contribution in [2.45, 2.75) is 26.2 Å². The Hall–Kier alpha value is -6.66. The second-order valence-corrected chi connectivity index (χ2v) is 14.8. The van der Waals surface area contributed by atoms with E-state index in [2.05, 4.69) is 174 Å². The predicted molar refractivity (Wildman–Crippen MR) is 219 cm³/mol. The molecule has 0 spiro atoms. The third-order valence-electron chi connectivity index (χ3n) is 10.5. The minimum absolute atomic E-state index is 0.00347. The van der Waals surface area contributed by atoms with E-state index in [1.807, 2.05) is 24.7 Å². The summed E-state index contributed by atoms with van der Waals surface area (Å²) in [6.07, 6.45) is 5.74. The highest BCUT2D eigenvalue weighted by Gasteiger charge is 2.29. The first kappa shape index (κ1) is 31.1. The lowest BCUT2D eigenvalue weighted by atomic mass is 9.88. The van der Waals surface area contributed by atoms with Crippen molar-refractivity contribution < 1.29 is 4.74 Å². The third-order valence-corrected chi connectivity index (χ3v) is 10.5. The summed E-state index contributed by atoms with van der Waals surface area (Å²) in [7, 11) is 0. The second kappa shape index (κ2) is 12.0. The molecule has 0 saturated carbocycles. The molecule has 0 aliphatic carbocycles. The average Bonchev–Trinajstić information content (AvgIpc) is 3.74. The van der Waals surface area contributed by atoms with Crippen LogP contribution in [0.15, 0.2) is 158 Å². The van der Waals surface area contributed by atoms with Gasteiger partial charge in [-0.15, -0.1) is 0 Å². The summed E-state index contributed by atoms with van der Waals surface area (Å²) in [4.78, 5) is 14.0. The van der Waals surface area contributed by atoms with Gasteiger partial charge in [-0.25, -0.2) is 4.98 Å². The molecular weight excluding hydrogens is 651 g/mol. The first-order valence-electron chi connectivity index (χ1n) is 18.1. The Labute approximate surface area is 308 Å². The summed E-state index contributed by atoms with van der Waals surface area (Å²) >= 11 is 0. The van der Waals surface area contributed by atoms with Crippen LogP contribution in [0.25, 0.3) is 49.2 Å². The summed E-state index contributed by atoms with van der Waals surface area (Å²) in [5, 5.41) is 7.32. The molecule has 0 bridgehead atoms. The molecule has 3 aromatic heterocycles. The molecule has 0 amide bonds. The monoisotopic (exact) mass is 687 g/mol. The number of rotatable bonds is 5. The molecule has 6 nitrogen and oxygen atoms in total. The van der Waals surface area contributed by atoms with Gasteiger partial charge in [0.15, 0.2) is 0 Å². The molecule has 10 rings (SSSR count). The zero-order valence-corrected chi connectivity index (χ0v) is 29.9. The third kappa shape index (κ3) is 5.25. The zero-order chi connectivity index (χ0) is 35.7. The van der Waals surface area contributed by atoms with Gasteiger partial charge < -0.3 is 14.5 Å². The molecule has 0 unspecified atom stereocenters. The number of aromatic nitrogens is 3. The van der Waals surface area contributed by atoms with Gasteiger partial charge in [0.1, 0.15) is 24.0 Å². The standard InChI is InChI=1S/C47H37N5O/c1-47(2,3)33-21-24-49-46(25-33)52-42-14-7-6-13-39(42)40-20-19-37(28-44(40)52)53-36-11-8-10-34(26-36)50-30-51(45-29-48-23-22-43(45)50)35-18-17-32-16-15-31-9-4-5-12-38(31)41(32)27-35/h4-29H,30H2,1-3H3. The van der Waals surface area contributed by atoms with Gasteiger partial charge in [0.25, 0.3) is 0 Å². The van der Waals surface area contributed by atoms with Crippen LogP contribution in [-0.4, -0.2) is 21.2 Å². The molecule has 6 aromatic carbocycles. The Morgan fingerprint density at radius 3 is 2.17 bits per heavy atom. The van der Waals surface area contributed by atoms with Gasteiger partial charge in [-0.05, 0) is 93.2 Å². The number of ether oxygens (including phenoxy) is 1. The quantitative estimate of drug-likeness (QED) is 0.169. The molecule has 1 aliphatic rings. The predicted octanol–water partition coefficient (Wildman–Crippen LogP) is 12.2. The smallest absolute Gasteiger partial charge is 0.137 e.